The van der Waals surface area contributed by atoms with Crippen LogP contribution in [0.25, 0.3) is 0 Å². The van der Waals surface area contributed by atoms with Gasteiger partial charge in [-0.15, -0.1) is 0 Å². The van der Waals surface area contributed by atoms with Gasteiger partial charge in [0, 0.05) is 37.4 Å². The number of nitro groups is 1. The molecule has 1 aromatic rings. The first-order valence-electron chi connectivity index (χ1n) is 6.66. The molecule has 114 valence electrons. The van der Waals surface area contributed by atoms with Gasteiger partial charge in [0.15, 0.2) is 5.11 Å². The highest BCUT2D eigenvalue weighted by Crippen LogP contribution is 2.22. The van der Waals surface area contributed by atoms with E-state index in [1.807, 2.05) is 0 Å². The van der Waals surface area contributed by atoms with E-state index in [0.717, 1.165) is 19.4 Å². The van der Waals surface area contributed by atoms with E-state index in [4.69, 9.17) is 17.0 Å². The van der Waals surface area contributed by atoms with Crippen LogP contribution < -0.4 is 10.6 Å². The number of phenolic OH excluding ortho intramolecular Hbond substituents is 1. The predicted molar refractivity (Wildman–Crippen MR) is 81.2 cm³/mol. The number of ether oxygens (including phenoxy) is 1. The minimum atomic E-state index is -0.503. The molecule has 0 spiro atoms. The van der Waals surface area contributed by atoms with Gasteiger partial charge < -0.3 is 20.5 Å². The zero-order chi connectivity index (χ0) is 15.2. The predicted octanol–water partition coefficient (Wildman–Crippen LogP) is 1.44. The van der Waals surface area contributed by atoms with Crippen molar-refractivity contribution in [3.8, 4) is 5.75 Å². The summed E-state index contributed by atoms with van der Waals surface area (Å²) in [5, 5.41) is 26.8. The van der Waals surface area contributed by atoms with Crippen LogP contribution in [0, 0.1) is 10.1 Å². The number of aromatic hydroxyl groups is 1. The van der Waals surface area contributed by atoms with Crippen molar-refractivity contribution in [2.24, 2.45) is 0 Å². The molecule has 0 amide bonds. The van der Waals surface area contributed by atoms with Crippen molar-refractivity contribution >= 4 is 23.0 Å². The maximum Gasteiger partial charge on any atom is 0.270 e. The molecule has 0 bridgehead atoms. The average molecular weight is 311 g/mol. The summed E-state index contributed by atoms with van der Waals surface area (Å²) in [6.45, 7) is 1.63. The van der Waals surface area contributed by atoms with Crippen molar-refractivity contribution in [3.63, 3.8) is 0 Å². The molecule has 0 saturated carbocycles. The van der Waals surface area contributed by atoms with Gasteiger partial charge in [-0.1, -0.05) is 0 Å². The lowest BCUT2D eigenvalue weighted by molar-refractivity contribution is -0.384. The normalized spacial score (nSPS) is 17.4. The second-order valence-corrected chi connectivity index (χ2v) is 5.18. The summed E-state index contributed by atoms with van der Waals surface area (Å²) < 4.78 is 5.46. The van der Waals surface area contributed by atoms with E-state index >= 15 is 0 Å². The fraction of sp³-hybridized carbons (Fsp3) is 0.462. The largest absolute Gasteiger partial charge is 0.508 e. The summed E-state index contributed by atoms with van der Waals surface area (Å²) in [5.74, 6) is -0.00461. The molecule has 1 atom stereocenters. The van der Waals surface area contributed by atoms with E-state index in [0.29, 0.717) is 17.2 Å². The zero-order valence-corrected chi connectivity index (χ0v) is 12.2. The van der Waals surface area contributed by atoms with Crippen molar-refractivity contribution in [1.82, 2.24) is 10.6 Å². The monoisotopic (exact) mass is 311 g/mol. The van der Waals surface area contributed by atoms with Gasteiger partial charge in [0.2, 0.25) is 0 Å². The van der Waals surface area contributed by atoms with Crippen LogP contribution in [-0.4, -0.2) is 34.4 Å². The Morgan fingerprint density at radius 3 is 3.00 bits per heavy atom. The number of nitro benzene ring substituents is 1. The van der Waals surface area contributed by atoms with E-state index in [2.05, 4.69) is 10.6 Å². The van der Waals surface area contributed by atoms with Gasteiger partial charge in [0.05, 0.1) is 11.0 Å². The van der Waals surface area contributed by atoms with Gasteiger partial charge >= 0.3 is 0 Å². The van der Waals surface area contributed by atoms with Crippen LogP contribution in [-0.2, 0) is 11.3 Å². The molecular formula is C13H17N3O4S. The molecule has 0 aromatic heterocycles. The van der Waals surface area contributed by atoms with Crippen LogP contribution in [0.5, 0.6) is 5.75 Å². The van der Waals surface area contributed by atoms with Crippen molar-refractivity contribution < 1.29 is 14.8 Å². The van der Waals surface area contributed by atoms with Crippen molar-refractivity contribution in [1.29, 1.82) is 0 Å². The third-order valence-electron chi connectivity index (χ3n) is 3.23. The Morgan fingerprint density at radius 1 is 1.52 bits per heavy atom. The number of nitrogens with zero attached hydrogens (tertiary/aromatic N) is 1. The van der Waals surface area contributed by atoms with Gasteiger partial charge in [0.1, 0.15) is 5.75 Å². The van der Waals surface area contributed by atoms with Gasteiger partial charge in [-0.2, -0.15) is 0 Å². The summed E-state index contributed by atoms with van der Waals surface area (Å²) >= 11 is 5.12. The van der Waals surface area contributed by atoms with Crippen LogP contribution in [0.3, 0.4) is 0 Å². The van der Waals surface area contributed by atoms with Crippen LogP contribution >= 0.6 is 12.2 Å². The SMILES string of the molecule is O=[N+]([O-])c1ccc(O)c(CNC(=S)NC[C@@H]2CCCO2)c1. The quantitative estimate of drug-likeness (QED) is 0.430. The number of hydrogen-bond donors (Lipinski definition) is 3. The van der Waals surface area contributed by atoms with Crippen molar-refractivity contribution in [3.05, 3.63) is 33.9 Å². The second-order valence-electron chi connectivity index (χ2n) is 4.77. The van der Waals surface area contributed by atoms with Gasteiger partial charge in [-0.05, 0) is 31.1 Å². The number of thiocarbonyl (C=S) groups is 1. The van der Waals surface area contributed by atoms with Crippen LogP contribution in [0.4, 0.5) is 5.69 Å². The molecule has 1 aromatic carbocycles. The minimum absolute atomic E-state index is 0.00461. The van der Waals surface area contributed by atoms with Crippen LogP contribution in [0.15, 0.2) is 18.2 Å². The Labute approximate surface area is 127 Å². The average Bonchev–Trinajstić information content (AvgIpc) is 2.97. The van der Waals surface area contributed by atoms with Crippen LogP contribution in [0.1, 0.15) is 18.4 Å². The Bertz CT molecular complexity index is 532. The van der Waals surface area contributed by atoms with Crippen LogP contribution in [0.2, 0.25) is 0 Å². The summed E-state index contributed by atoms with van der Waals surface area (Å²) in [7, 11) is 0. The fourth-order valence-corrected chi connectivity index (χ4v) is 2.23. The maximum absolute atomic E-state index is 10.7. The lowest BCUT2D eigenvalue weighted by Gasteiger charge is -2.14. The van der Waals surface area contributed by atoms with E-state index in [1.54, 1.807) is 0 Å². The molecule has 0 aliphatic carbocycles. The highest BCUT2D eigenvalue weighted by Gasteiger charge is 2.15. The highest BCUT2D eigenvalue weighted by atomic mass is 32.1. The number of phenols is 1. The molecule has 0 radical (unpaired) electrons. The number of hydrogen-bond acceptors (Lipinski definition) is 5. The first-order chi connectivity index (χ1) is 10.1. The molecular weight excluding hydrogens is 294 g/mol. The molecule has 1 aliphatic rings. The molecule has 3 N–H and O–H groups in total. The first-order valence-corrected chi connectivity index (χ1v) is 7.06. The molecule has 1 saturated heterocycles. The van der Waals surface area contributed by atoms with Crippen molar-refractivity contribution in [2.45, 2.75) is 25.5 Å². The second kappa shape index (κ2) is 7.19. The fourth-order valence-electron chi connectivity index (χ4n) is 2.08. The first kappa shape index (κ1) is 15.5. The number of rotatable bonds is 5. The Hall–Kier alpha value is -1.93. The maximum atomic E-state index is 10.7. The van der Waals surface area contributed by atoms with Gasteiger partial charge in [0.25, 0.3) is 5.69 Å². The van der Waals surface area contributed by atoms with Gasteiger partial charge in [-0.25, -0.2) is 0 Å². The molecule has 0 unspecified atom stereocenters. The van der Waals surface area contributed by atoms with E-state index in [1.165, 1.54) is 18.2 Å². The molecule has 2 rings (SSSR count). The number of benzene rings is 1. The molecule has 8 heteroatoms. The zero-order valence-electron chi connectivity index (χ0n) is 11.4. The molecule has 1 aliphatic heterocycles. The number of non-ortho nitro benzene ring substituents is 1. The Kier molecular flexibility index (Phi) is 5.29. The third kappa shape index (κ3) is 4.54. The topological polar surface area (TPSA) is 96.7 Å². The Morgan fingerprint density at radius 2 is 2.33 bits per heavy atom. The smallest absolute Gasteiger partial charge is 0.270 e. The minimum Gasteiger partial charge on any atom is -0.508 e. The lowest BCUT2D eigenvalue weighted by atomic mass is 10.2. The molecule has 7 nitrogen and oxygen atoms in total. The summed E-state index contributed by atoms with van der Waals surface area (Å²) in [6.07, 6.45) is 2.26. The standard InChI is InChI=1S/C13H17N3O4S/c17-12-4-3-10(16(18)19)6-9(12)7-14-13(21)15-8-11-2-1-5-20-11/h3-4,6,11,17H,1-2,5,7-8H2,(H2,14,15,21)/t11-/m0/s1. The molecule has 21 heavy (non-hydrogen) atoms. The summed E-state index contributed by atoms with van der Waals surface area (Å²) in [6, 6.07) is 3.88. The van der Waals surface area contributed by atoms with Gasteiger partial charge in [-0.3, -0.25) is 10.1 Å². The van der Waals surface area contributed by atoms with E-state index < -0.39 is 4.92 Å². The number of nitrogens with one attached hydrogen (secondary N) is 2. The lowest BCUT2D eigenvalue weighted by Crippen LogP contribution is -2.39. The summed E-state index contributed by atoms with van der Waals surface area (Å²) in [4.78, 5) is 10.2. The molecule has 1 fully saturated rings. The van der Waals surface area contributed by atoms with Crippen molar-refractivity contribution in [2.75, 3.05) is 13.2 Å². The third-order valence-corrected chi connectivity index (χ3v) is 3.52. The Balaban J connectivity index is 1.82. The van der Waals surface area contributed by atoms with E-state index in [9.17, 15) is 15.2 Å². The van der Waals surface area contributed by atoms with E-state index in [-0.39, 0.29) is 24.1 Å². The highest BCUT2D eigenvalue weighted by molar-refractivity contribution is 7.80. The summed E-state index contributed by atoms with van der Waals surface area (Å²) in [5.41, 5.74) is 0.355. The molecule has 1 heterocycles.